The van der Waals surface area contributed by atoms with E-state index in [9.17, 15) is 9.79 Å². The molecule has 0 amide bonds. The van der Waals surface area contributed by atoms with Gasteiger partial charge in [0.25, 0.3) is 0 Å². The van der Waals surface area contributed by atoms with Crippen molar-refractivity contribution in [1.82, 2.24) is 0 Å². The van der Waals surface area contributed by atoms with E-state index in [2.05, 4.69) is 68.2 Å². The van der Waals surface area contributed by atoms with Crippen LogP contribution in [0.4, 0.5) is 0 Å². The molecule has 1 aromatic carbocycles. The predicted octanol–water partition coefficient (Wildman–Crippen LogP) is 1.28. The molecule has 0 unspecified atom stereocenters. The van der Waals surface area contributed by atoms with Crippen molar-refractivity contribution in [2.24, 2.45) is 0 Å². The number of rotatable bonds is 3. The second-order valence-electron chi connectivity index (χ2n) is 2.83. The molecule has 0 heterocycles. The van der Waals surface area contributed by atoms with Crippen molar-refractivity contribution in [2.75, 3.05) is 0 Å². The fourth-order valence-corrected chi connectivity index (χ4v) is 5.12. The fraction of sp³-hybridized carbons (Fsp3) is 0.400. The number of hydrogen-bond acceptors (Lipinski definition) is 4. The molecule has 0 N–H and O–H groups in total. The Morgan fingerprint density at radius 3 is 1.88 bits per heavy atom. The zero-order valence-corrected chi connectivity index (χ0v) is 13.8. The van der Waals surface area contributed by atoms with E-state index in [1.54, 1.807) is 3.95 Å². The molecule has 1 rings (SSSR count). The topological polar surface area (TPSA) is 46.1 Å². The van der Waals surface area contributed by atoms with Gasteiger partial charge in [-0.1, -0.05) is 0 Å². The van der Waals surface area contributed by atoms with Crippen LogP contribution in [0.2, 0.25) is 9.62 Å². The molecule has 0 aliphatic heterocycles. The SMILES string of the molecule is C[CH2][Mo+3]([CH2]C)[c]1ccccc1.[O-]P([O-])(=S)[S-]. The Morgan fingerprint density at radius 1 is 1.19 bits per heavy atom. The second kappa shape index (κ2) is 8.85. The van der Waals surface area contributed by atoms with Crippen molar-refractivity contribution in [3.8, 4) is 0 Å². The summed E-state index contributed by atoms with van der Waals surface area (Å²) >= 11 is 6.44. The summed E-state index contributed by atoms with van der Waals surface area (Å²) in [6.07, 6.45) is 0. The summed E-state index contributed by atoms with van der Waals surface area (Å²) in [5.41, 5.74) is -3.72. The van der Waals surface area contributed by atoms with Crippen LogP contribution in [0.25, 0.3) is 0 Å². The van der Waals surface area contributed by atoms with Crippen molar-refractivity contribution in [1.29, 1.82) is 0 Å². The monoisotopic (exact) mass is 360 g/mol. The summed E-state index contributed by atoms with van der Waals surface area (Å²) in [5, 5.41) is 0. The zero-order chi connectivity index (χ0) is 12.6. The van der Waals surface area contributed by atoms with E-state index in [0.29, 0.717) is 0 Å². The summed E-state index contributed by atoms with van der Waals surface area (Å²) in [4.78, 5) is 21.4. The third-order valence-electron chi connectivity index (χ3n) is 1.77. The molecule has 6 heteroatoms. The van der Waals surface area contributed by atoms with Gasteiger partial charge in [0.15, 0.2) is 0 Å². The van der Waals surface area contributed by atoms with Crippen LogP contribution >= 0.6 is 5.69 Å². The van der Waals surface area contributed by atoms with Gasteiger partial charge in [0.1, 0.15) is 0 Å². The Kier molecular flexibility index (Phi) is 9.31. The summed E-state index contributed by atoms with van der Waals surface area (Å²) in [6.45, 7) is 4.65. The van der Waals surface area contributed by atoms with Gasteiger partial charge in [0.2, 0.25) is 0 Å². The van der Waals surface area contributed by atoms with Crippen LogP contribution in [0.1, 0.15) is 13.8 Å². The molecular formula is C10H15MoO2PS2. The average molecular weight is 358 g/mol. The van der Waals surface area contributed by atoms with Crippen LogP contribution in [0.3, 0.4) is 0 Å². The van der Waals surface area contributed by atoms with E-state index in [1.807, 2.05) is 0 Å². The molecule has 0 spiro atoms. The van der Waals surface area contributed by atoms with Crippen LogP contribution in [-0.2, 0) is 41.4 Å². The Labute approximate surface area is 114 Å². The Bertz CT molecular complexity index is 317. The zero-order valence-electron chi connectivity index (χ0n) is 9.29. The molecular weight excluding hydrogens is 343 g/mol. The summed E-state index contributed by atoms with van der Waals surface area (Å²) < 4.78 is 1.65. The van der Waals surface area contributed by atoms with Crippen LogP contribution < -0.4 is 13.7 Å². The van der Waals surface area contributed by atoms with Crippen LogP contribution in [0, 0.1) is 0 Å². The quantitative estimate of drug-likeness (QED) is 0.464. The van der Waals surface area contributed by atoms with Crippen LogP contribution in [-0.4, -0.2) is 0 Å². The van der Waals surface area contributed by atoms with E-state index in [4.69, 9.17) is 0 Å². The fourth-order valence-electron chi connectivity index (χ4n) is 1.15. The van der Waals surface area contributed by atoms with Gasteiger partial charge in [-0.25, -0.2) is 0 Å². The first-order chi connectivity index (χ1) is 7.38. The first-order valence-corrected chi connectivity index (χ1v) is 12.3. The van der Waals surface area contributed by atoms with Gasteiger partial charge in [0.05, 0.1) is 0 Å². The molecule has 0 bridgehead atoms. The van der Waals surface area contributed by atoms with Gasteiger partial charge in [0, 0.05) is 0 Å². The summed E-state index contributed by atoms with van der Waals surface area (Å²) in [5.74, 6) is 0. The third kappa shape index (κ3) is 10.0. The Balaban J connectivity index is 0.000000385. The molecule has 0 fully saturated rings. The predicted molar refractivity (Wildman–Crippen MR) is 68.7 cm³/mol. The minimum absolute atomic E-state index is 0.844. The summed E-state index contributed by atoms with van der Waals surface area (Å²) in [7, 11) is 0. The molecule has 0 radical (unpaired) electrons. The molecule has 2 nitrogen and oxygen atoms in total. The molecule has 1 aromatic rings. The van der Waals surface area contributed by atoms with Gasteiger partial charge < -0.3 is 27.7 Å². The number of benzene rings is 1. The smallest absolute Gasteiger partial charge is 0.160 e. The van der Waals surface area contributed by atoms with E-state index in [-0.39, 0.29) is 0 Å². The van der Waals surface area contributed by atoms with Crippen molar-refractivity contribution < 1.29 is 27.1 Å². The standard InChI is InChI=1S/C6H5.2C2H5.Mo.H3O2PS2/c1-2-4-6-5-3-1;2*1-2;;1-3(2,4)5/h1-5H;2*1H2,2H3;;(H3,1,2,4,5)/q;;;+3;/p-3. The minimum atomic E-state index is -3.72. The molecule has 0 saturated carbocycles. The van der Waals surface area contributed by atoms with Crippen molar-refractivity contribution >= 4 is 33.7 Å². The Morgan fingerprint density at radius 2 is 1.56 bits per heavy atom. The molecule has 16 heavy (non-hydrogen) atoms. The van der Waals surface area contributed by atoms with E-state index < -0.39 is 23.0 Å². The van der Waals surface area contributed by atoms with Gasteiger partial charge >= 0.3 is 75.1 Å². The maximum absolute atomic E-state index is 9.29. The molecule has 0 aliphatic rings. The minimum Gasteiger partial charge on any atom is -0.850 e. The normalized spacial score (nSPS) is 10.3. The van der Waals surface area contributed by atoms with E-state index >= 15 is 0 Å². The van der Waals surface area contributed by atoms with Crippen molar-refractivity contribution in [2.45, 2.75) is 23.5 Å². The van der Waals surface area contributed by atoms with Gasteiger partial charge in [-0.2, -0.15) is 11.8 Å². The molecule has 0 aliphatic carbocycles. The van der Waals surface area contributed by atoms with Gasteiger partial charge in [-0.05, 0) is 0 Å². The molecule has 0 aromatic heterocycles. The maximum atomic E-state index is 9.29. The maximum Gasteiger partial charge on any atom is -0.160 e. The third-order valence-corrected chi connectivity index (χ3v) is 7.51. The first kappa shape index (κ1) is 16.8. The molecule has 90 valence electrons. The average Bonchev–Trinajstić information content (AvgIpc) is 2.19. The molecule has 0 atom stereocenters. The van der Waals surface area contributed by atoms with E-state index in [0.717, 1.165) is 0 Å². The van der Waals surface area contributed by atoms with Gasteiger partial charge in [-0.3, -0.25) is 0 Å². The second-order valence-corrected chi connectivity index (χ2v) is 13.7. The Hall–Kier alpha value is 0.828. The van der Waals surface area contributed by atoms with Crippen LogP contribution in [0.15, 0.2) is 30.3 Å². The molecule has 0 saturated heterocycles. The number of hydrogen-bond donors (Lipinski definition) is 0. The van der Waals surface area contributed by atoms with E-state index in [1.165, 1.54) is 9.62 Å². The van der Waals surface area contributed by atoms with Crippen LogP contribution in [0.5, 0.6) is 0 Å². The van der Waals surface area contributed by atoms with Crippen molar-refractivity contribution in [3.63, 3.8) is 0 Å². The largest absolute Gasteiger partial charge is 0.850 e. The van der Waals surface area contributed by atoms with Gasteiger partial charge in [-0.15, -0.1) is 0 Å². The van der Waals surface area contributed by atoms with Crippen molar-refractivity contribution in [3.05, 3.63) is 30.3 Å². The summed E-state index contributed by atoms with van der Waals surface area (Å²) in [6, 6.07) is 11.0. The first-order valence-electron chi connectivity index (χ1n) is 4.84.